The molecule has 5 rings (SSSR count). The molecule has 0 amide bonds. The summed E-state index contributed by atoms with van der Waals surface area (Å²) < 4.78 is 133. The van der Waals surface area contributed by atoms with Crippen molar-refractivity contribution >= 4 is 30.2 Å². The maximum atomic E-state index is 12.2. The monoisotopic (exact) mass is 950 g/mol. The van der Waals surface area contributed by atoms with Crippen LogP contribution in [0.2, 0.25) is 0 Å². The van der Waals surface area contributed by atoms with Crippen molar-refractivity contribution in [1.29, 1.82) is 0 Å². The SMILES string of the molecule is COc1ccc(OC(F)(F)F)cc1C=Nc1ccccc1.COc1ccc(OC(F)(F)F)cc1C=O.COc1ccc(OC(F)(F)F)cc1C=O.C[N+](=O)[O-].C[N+](=O)[O-].Nc1ccccc1. The Labute approximate surface area is 369 Å². The van der Waals surface area contributed by atoms with Crippen LogP contribution in [0.4, 0.5) is 50.9 Å². The molecule has 0 saturated heterocycles. The molecule has 0 aromatic heterocycles. The van der Waals surface area contributed by atoms with Crippen LogP contribution in [0.1, 0.15) is 26.3 Å². The first-order valence-electron chi connectivity index (χ1n) is 17.5. The molecular formula is C41H39F9N4O12. The van der Waals surface area contributed by atoms with E-state index in [1.165, 1.54) is 57.9 Å². The van der Waals surface area contributed by atoms with Gasteiger partial charge < -0.3 is 34.2 Å². The van der Waals surface area contributed by atoms with E-state index in [-0.39, 0.29) is 28.4 Å². The van der Waals surface area contributed by atoms with Crippen molar-refractivity contribution < 1.29 is 87.4 Å². The van der Waals surface area contributed by atoms with Crippen molar-refractivity contribution in [3.63, 3.8) is 0 Å². The van der Waals surface area contributed by atoms with Gasteiger partial charge in [0.1, 0.15) is 34.5 Å². The zero-order valence-electron chi connectivity index (χ0n) is 34.9. The molecule has 0 heterocycles. The lowest BCUT2D eigenvalue weighted by molar-refractivity contribution is -0.445. The molecule has 16 nitrogen and oxygen atoms in total. The number of ether oxygens (including phenoxy) is 6. The predicted molar refractivity (Wildman–Crippen MR) is 220 cm³/mol. The molecule has 0 unspecified atom stereocenters. The number of carbonyl (C=O) groups excluding carboxylic acids is 2. The highest BCUT2D eigenvalue weighted by Crippen LogP contribution is 2.30. The summed E-state index contributed by atoms with van der Waals surface area (Å²) in [6, 6.07) is 28.8. The molecule has 0 spiro atoms. The molecule has 25 heteroatoms. The van der Waals surface area contributed by atoms with E-state index in [2.05, 4.69) is 19.2 Å². The largest absolute Gasteiger partial charge is 0.573 e. The summed E-state index contributed by atoms with van der Waals surface area (Å²) >= 11 is 0. The van der Waals surface area contributed by atoms with Crippen LogP contribution in [0.15, 0.2) is 120 Å². The summed E-state index contributed by atoms with van der Waals surface area (Å²) in [5.74, 6) is -0.433. The normalized spacial score (nSPS) is 10.3. The zero-order valence-corrected chi connectivity index (χ0v) is 34.9. The van der Waals surface area contributed by atoms with Gasteiger partial charge in [0.25, 0.3) is 0 Å². The number of nitrogens with two attached hydrogens (primary N) is 1. The van der Waals surface area contributed by atoms with Crippen LogP contribution in [0, 0.1) is 20.2 Å². The van der Waals surface area contributed by atoms with Gasteiger partial charge in [-0.05, 0) is 78.9 Å². The number of hydrogen-bond donors (Lipinski definition) is 1. The first-order valence-corrected chi connectivity index (χ1v) is 17.5. The van der Waals surface area contributed by atoms with E-state index in [4.69, 9.17) is 40.2 Å². The van der Waals surface area contributed by atoms with E-state index in [1.54, 1.807) is 12.1 Å². The lowest BCUT2D eigenvalue weighted by Crippen LogP contribution is -2.17. The summed E-state index contributed by atoms with van der Waals surface area (Å²) in [7, 11) is 5.83. The smallest absolute Gasteiger partial charge is 0.496 e. The molecule has 0 aliphatic carbocycles. The second-order valence-corrected chi connectivity index (χ2v) is 11.5. The molecule has 0 aliphatic rings. The number of carbonyl (C=O) groups is 2. The van der Waals surface area contributed by atoms with Crippen molar-refractivity contribution in [1.82, 2.24) is 0 Å². The third-order valence-corrected chi connectivity index (χ3v) is 6.47. The first kappa shape index (κ1) is 57.9. The van der Waals surface area contributed by atoms with Crippen LogP contribution in [-0.4, -0.2) is 83.1 Å². The number of alkyl halides is 9. The minimum Gasteiger partial charge on any atom is -0.496 e. The van der Waals surface area contributed by atoms with Crippen LogP contribution in [0.5, 0.6) is 34.5 Å². The van der Waals surface area contributed by atoms with Gasteiger partial charge >= 0.3 is 19.1 Å². The molecule has 0 fully saturated rings. The molecule has 5 aromatic carbocycles. The number of nitrogen functional groups attached to an aromatic ring is 1. The van der Waals surface area contributed by atoms with E-state index in [0.717, 1.165) is 44.0 Å². The van der Waals surface area contributed by atoms with Crippen LogP contribution < -0.4 is 34.2 Å². The van der Waals surface area contributed by atoms with Gasteiger partial charge in [-0.2, -0.15) is 0 Å². The van der Waals surface area contributed by atoms with Gasteiger partial charge in [0.05, 0.1) is 38.1 Å². The molecule has 0 aliphatic heterocycles. The average Bonchev–Trinajstić information content (AvgIpc) is 3.22. The summed E-state index contributed by atoms with van der Waals surface area (Å²) in [6.07, 6.45) is -12.1. The van der Waals surface area contributed by atoms with Crippen molar-refractivity contribution in [2.45, 2.75) is 19.1 Å². The van der Waals surface area contributed by atoms with Gasteiger partial charge in [0.2, 0.25) is 0 Å². The van der Waals surface area contributed by atoms with Crippen molar-refractivity contribution in [2.75, 3.05) is 41.2 Å². The number of hydrogen-bond acceptors (Lipinski definition) is 14. The third kappa shape index (κ3) is 28.5. The quantitative estimate of drug-likeness (QED) is 0.0345. The fourth-order valence-corrected chi connectivity index (χ4v) is 4.12. The maximum absolute atomic E-state index is 12.2. The Kier molecular flexibility index (Phi) is 25.7. The molecule has 66 heavy (non-hydrogen) atoms. The van der Waals surface area contributed by atoms with Gasteiger partial charge in [-0.25, -0.2) is 0 Å². The maximum Gasteiger partial charge on any atom is 0.573 e. The number of benzene rings is 5. The molecule has 0 saturated carbocycles. The van der Waals surface area contributed by atoms with Crippen molar-refractivity contribution in [2.24, 2.45) is 4.99 Å². The Balaban J connectivity index is 0.000000840. The van der Waals surface area contributed by atoms with Gasteiger partial charge in [-0.15, -0.1) is 39.5 Å². The number of halogens is 9. The third-order valence-electron chi connectivity index (χ3n) is 6.47. The molecule has 2 N–H and O–H groups in total. The topological polar surface area (TPSA) is 214 Å². The zero-order chi connectivity index (χ0) is 50.5. The first-order chi connectivity index (χ1) is 30.8. The summed E-state index contributed by atoms with van der Waals surface area (Å²) in [5, 5.41) is 17.6. The van der Waals surface area contributed by atoms with Crippen molar-refractivity contribution in [3.8, 4) is 34.5 Å². The number of para-hydroxylation sites is 2. The van der Waals surface area contributed by atoms with E-state index in [9.17, 15) is 49.1 Å². The molecule has 358 valence electrons. The average molecular weight is 951 g/mol. The molecule has 0 radical (unpaired) electrons. The van der Waals surface area contributed by atoms with Gasteiger partial charge in [0.15, 0.2) is 26.7 Å². The number of nitro groups is 2. The van der Waals surface area contributed by atoms with Gasteiger partial charge in [-0.3, -0.25) is 34.8 Å². The van der Waals surface area contributed by atoms with Crippen molar-refractivity contribution in [3.05, 3.63) is 152 Å². The highest BCUT2D eigenvalue weighted by Gasteiger charge is 2.33. The summed E-state index contributed by atoms with van der Waals surface area (Å²) in [5.41, 5.74) is 7.25. The van der Waals surface area contributed by atoms with Crippen LogP contribution in [0.25, 0.3) is 0 Å². The predicted octanol–water partition coefficient (Wildman–Crippen LogP) is 10.2. The fraction of sp³-hybridized carbons (Fsp3) is 0.195. The Bertz CT molecular complexity index is 2170. The van der Waals surface area contributed by atoms with Crippen LogP contribution >= 0.6 is 0 Å². The van der Waals surface area contributed by atoms with Crippen LogP contribution in [-0.2, 0) is 0 Å². The standard InChI is InChI=1S/C15H12F3NO2.2C9H7F3O3.C6H7N.2CH3NO2/c1-20-14-8-7-13(21-15(16,17)18)9-11(14)10-19-12-5-3-2-4-6-12;2*1-14-8-3-2-7(4-6(8)5-13)15-9(10,11)12;7-6-4-2-1-3-5-6;2*1-2(3)4/h2-10H,1H3;2*2-5H,1H3;1-5H,7H2;2*1H3. The molecule has 0 bridgehead atoms. The van der Waals surface area contributed by atoms with E-state index in [1.807, 2.05) is 48.5 Å². The Morgan fingerprint density at radius 3 is 1.06 bits per heavy atom. The molecule has 5 aromatic rings. The summed E-state index contributed by atoms with van der Waals surface area (Å²) in [6.45, 7) is 0. The Morgan fingerprint density at radius 2 is 0.803 bits per heavy atom. The second-order valence-electron chi connectivity index (χ2n) is 11.5. The fourth-order valence-electron chi connectivity index (χ4n) is 4.12. The minimum atomic E-state index is -4.77. The van der Waals surface area contributed by atoms with Gasteiger partial charge in [0, 0.05) is 27.3 Å². The van der Waals surface area contributed by atoms with Crippen LogP contribution in [0.3, 0.4) is 0 Å². The van der Waals surface area contributed by atoms with E-state index < -0.39 is 40.4 Å². The van der Waals surface area contributed by atoms with E-state index >= 15 is 0 Å². The summed E-state index contributed by atoms with van der Waals surface area (Å²) in [4.78, 5) is 41.8. The number of anilines is 1. The number of aliphatic imine (C=N–C) groups is 1. The minimum absolute atomic E-state index is 0.000694. The number of methoxy groups -OCH3 is 3. The number of aldehydes is 2. The highest BCUT2D eigenvalue weighted by atomic mass is 19.4. The highest BCUT2D eigenvalue weighted by molar-refractivity contribution is 5.86. The number of rotatable bonds is 10. The molecular weight excluding hydrogens is 911 g/mol. The lowest BCUT2D eigenvalue weighted by Gasteiger charge is -2.11. The Morgan fingerprint density at radius 1 is 0.515 bits per heavy atom. The van der Waals surface area contributed by atoms with E-state index in [0.29, 0.717) is 29.6 Å². The Hall–Kier alpha value is -8.12. The molecule has 0 atom stereocenters. The number of nitrogens with zero attached hydrogens (tertiary/aromatic N) is 3. The lowest BCUT2D eigenvalue weighted by atomic mass is 10.2. The second kappa shape index (κ2) is 29.3. The van der Waals surface area contributed by atoms with Gasteiger partial charge in [-0.1, -0.05) is 36.4 Å².